The van der Waals surface area contributed by atoms with E-state index in [1.165, 1.54) is 0 Å². The Hall–Kier alpha value is -3.02. The molecule has 4 N–H and O–H groups in total. The number of nitrogens with one attached hydrogen (secondary N) is 2. The molecule has 0 aliphatic heterocycles. The van der Waals surface area contributed by atoms with Gasteiger partial charge in [-0.1, -0.05) is 22.9 Å². The van der Waals surface area contributed by atoms with Gasteiger partial charge in [-0.05, 0) is 35.4 Å². The van der Waals surface area contributed by atoms with Crippen molar-refractivity contribution in [1.82, 2.24) is 30.8 Å². The molecule has 0 saturated carbocycles. The molecule has 0 aliphatic rings. The molecule has 0 saturated heterocycles. The van der Waals surface area contributed by atoms with Gasteiger partial charge in [0.2, 0.25) is 5.82 Å². The highest BCUT2D eigenvalue weighted by Crippen LogP contribution is 2.20. The van der Waals surface area contributed by atoms with E-state index in [-0.39, 0.29) is 17.3 Å². The van der Waals surface area contributed by atoms with Crippen LogP contribution in [0.1, 0.15) is 24.4 Å². The molecule has 1 atom stereocenters. The van der Waals surface area contributed by atoms with E-state index >= 15 is 0 Å². The molecule has 2 aromatic heterocycles. The van der Waals surface area contributed by atoms with Crippen LogP contribution in [-0.2, 0) is 6.54 Å². The Kier molecular flexibility index (Phi) is 5.96. The van der Waals surface area contributed by atoms with E-state index in [9.17, 15) is 10.3 Å². The molecule has 0 radical (unpaired) electrons. The van der Waals surface area contributed by atoms with E-state index in [0.717, 1.165) is 0 Å². The van der Waals surface area contributed by atoms with Gasteiger partial charge in [-0.3, -0.25) is 15.4 Å². The SMILES string of the molecule is CC(O)c1cn(CCNc2nonc2C(=Nc2cccc(Cl)c2)NO)nn1. The van der Waals surface area contributed by atoms with Gasteiger partial charge in [-0.2, -0.15) is 0 Å². The summed E-state index contributed by atoms with van der Waals surface area (Å²) in [5.74, 6) is 0.325. The molecule has 0 amide bonds. The summed E-state index contributed by atoms with van der Waals surface area (Å²) in [6.07, 6.45) is 0.967. The summed E-state index contributed by atoms with van der Waals surface area (Å²) < 4.78 is 6.32. The first-order chi connectivity index (χ1) is 13.1. The fourth-order valence-electron chi connectivity index (χ4n) is 2.17. The third-order valence-corrected chi connectivity index (χ3v) is 3.72. The van der Waals surface area contributed by atoms with E-state index < -0.39 is 6.10 Å². The Labute approximate surface area is 158 Å². The molecule has 142 valence electrons. The third-order valence-electron chi connectivity index (χ3n) is 3.49. The van der Waals surface area contributed by atoms with Crippen molar-refractivity contribution in [2.45, 2.75) is 19.6 Å². The van der Waals surface area contributed by atoms with Crippen molar-refractivity contribution >= 4 is 28.9 Å². The van der Waals surface area contributed by atoms with Gasteiger partial charge < -0.3 is 10.4 Å². The first-order valence-corrected chi connectivity index (χ1v) is 8.34. The first-order valence-electron chi connectivity index (χ1n) is 7.96. The van der Waals surface area contributed by atoms with Crippen LogP contribution in [0.2, 0.25) is 5.02 Å². The van der Waals surface area contributed by atoms with Crippen LogP contribution in [0.4, 0.5) is 11.5 Å². The number of anilines is 1. The minimum atomic E-state index is -0.682. The van der Waals surface area contributed by atoms with Crippen molar-refractivity contribution in [3.63, 3.8) is 0 Å². The number of aromatic nitrogens is 5. The predicted octanol–water partition coefficient (Wildman–Crippen LogP) is 1.54. The molecule has 11 nitrogen and oxygen atoms in total. The van der Waals surface area contributed by atoms with Crippen LogP contribution in [0, 0.1) is 0 Å². The van der Waals surface area contributed by atoms with E-state index in [1.807, 2.05) is 5.48 Å². The summed E-state index contributed by atoms with van der Waals surface area (Å²) >= 11 is 5.94. The number of amidine groups is 1. The molecule has 12 heteroatoms. The number of aliphatic hydroxyl groups is 1. The van der Waals surface area contributed by atoms with Crippen LogP contribution in [0.5, 0.6) is 0 Å². The minimum Gasteiger partial charge on any atom is -0.387 e. The highest BCUT2D eigenvalue weighted by Gasteiger charge is 2.16. The monoisotopic (exact) mass is 392 g/mol. The van der Waals surface area contributed by atoms with Crippen molar-refractivity contribution < 1.29 is 14.9 Å². The van der Waals surface area contributed by atoms with Gasteiger partial charge in [0.05, 0.1) is 24.5 Å². The lowest BCUT2D eigenvalue weighted by Crippen LogP contribution is -2.22. The molecule has 0 aliphatic carbocycles. The van der Waals surface area contributed by atoms with Crippen molar-refractivity contribution in [2.24, 2.45) is 4.99 Å². The van der Waals surface area contributed by atoms with Gasteiger partial charge in [0.1, 0.15) is 5.69 Å². The smallest absolute Gasteiger partial charge is 0.202 e. The van der Waals surface area contributed by atoms with Crippen molar-refractivity contribution in [3.05, 3.63) is 46.9 Å². The van der Waals surface area contributed by atoms with E-state index in [2.05, 4.69) is 30.9 Å². The second kappa shape index (κ2) is 8.58. The zero-order chi connectivity index (χ0) is 19.2. The van der Waals surface area contributed by atoms with Crippen LogP contribution in [0.3, 0.4) is 0 Å². The van der Waals surface area contributed by atoms with Crippen molar-refractivity contribution in [1.29, 1.82) is 0 Å². The lowest BCUT2D eigenvalue weighted by atomic mass is 10.3. The molecule has 1 aromatic carbocycles. The topological polar surface area (TPSA) is 147 Å². The van der Waals surface area contributed by atoms with Crippen LogP contribution in [0.15, 0.2) is 40.1 Å². The number of hydrogen-bond acceptors (Lipinski definition) is 9. The lowest BCUT2D eigenvalue weighted by molar-refractivity contribution is 0.194. The Morgan fingerprint density at radius 2 is 2.26 bits per heavy atom. The molecule has 2 heterocycles. The molecule has 3 aromatic rings. The molecule has 27 heavy (non-hydrogen) atoms. The molecule has 0 bridgehead atoms. The Balaban J connectivity index is 1.68. The number of hydrogen-bond donors (Lipinski definition) is 4. The zero-order valence-electron chi connectivity index (χ0n) is 14.2. The molecular formula is C15H17ClN8O3. The molecule has 3 rings (SSSR count). The van der Waals surface area contributed by atoms with Gasteiger partial charge in [0.25, 0.3) is 0 Å². The maximum Gasteiger partial charge on any atom is 0.202 e. The molecule has 0 spiro atoms. The maximum atomic E-state index is 9.46. The second-order valence-corrected chi connectivity index (χ2v) is 5.96. The van der Waals surface area contributed by atoms with E-state index in [1.54, 1.807) is 42.1 Å². The largest absolute Gasteiger partial charge is 0.387 e. The number of nitrogens with zero attached hydrogens (tertiary/aromatic N) is 6. The molecule has 0 fully saturated rings. The normalized spacial score (nSPS) is 12.8. The summed E-state index contributed by atoms with van der Waals surface area (Å²) in [6.45, 7) is 2.49. The summed E-state index contributed by atoms with van der Waals surface area (Å²) in [7, 11) is 0. The van der Waals surface area contributed by atoms with Crippen LogP contribution < -0.4 is 10.8 Å². The summed E-state index contributed by atoms with van der Waals surface area (Å²) in [5.41, 5.74) is 3.18. The van der Waals surface area contributed by atoms with E-state index in [0.29, 0.717) is 29.5 Å². The number of aliphatic imine (C=N–C) groups is 1. The van der Waals surface area contributed by atoms with Gasteiger partial charge in [-0.25, -0.2) is 9.62 Å². The predicted molar refractivity (Wildman–Crippen MR) is 96.0 cm³/mol. The number of rotatable bonds is 7. The maximum absolute atomic E-state index is 9.46. The average Bonchev–Trinajstić information content (AvgIpc) is 3.29. The van der Waals surface area contributed by atoms with Gasteiger partial charge in [0, 0.05) is 11.6 Å². The minimum absolute atomic E-state index is 0.0400. The quantitative estimate of drug-likeness (QED) is 0.267. The Morgan fingerprint density at radius 3 is 2.96 bits per heavy atom. The molecule has 1 unspecified atom stereocenters. The van der Waals surface area contributed by atoms with Gasteiger partial charge in [0.15, 0.2) is 11.5 Å². The van der Waals surface area contributed by atoms with Crippen molar-refractivity contribution in [3.8, 4) is 0 Å². The highest BCUT2D eigenvalue weighted by molar-refractivity contribution is 6.30. The summed E-state index contributed by atoms with van der Waals surface area (Å²) in [6, 6.07) is 6.79. The van der Waals surface area contributed by atoms with Crippen LogP contribution >= 0.6 is 11.6 Å². The number of hydroxylamine groups is 1. The second-order valence-electron chi connectivity index (χ2n) is 5.52. The van der Waals surface area contributed by atoms with E-state index in [4.69, 9.17) is 16.2 Å². The van der Waals surface area contributed by atoms with Crippen LogP contribution in [0.25, 0.3) is 0 Å². The van der Waals surface area contributed by atoms with Crippen molar-refractivity contribution in [2.75, 3.05) is 11.9 Å². The summed E-state index contributed by atoms with van der Waals surface area (Å²) in [4.78, 5) is 4.24. The van der Waals surface area contributed by atoms with Crippen LogP contribution in [-0.4, -0.2) is 48.0 Å². The highest BCUT2D eigenvalue weighted by atomic mass is 35.5. The standard InChI is InChI=1S/C15H17ClN8O3/c1-9(25)12-8-24(23-19-12)6-5-17-14-13(21-27-22-14)15(20-26)18-11-4-2-3-10(16)7-11/h2-4,7-9,25-26H,5-6H2,1H3,(H,17,22)(H,18,20). The fraction of sp³-hybridized carbons (Fsp3) is 0.267. The lowest BCUT2D eigenvalue weighted by Gasteiger charge is -2.06. The zero-order valence-corrected chi connectivity index (χ0v) is 15.0. The average molecular weight is 393 g/mol. The Bertz CT molecular complexity index is 923. The first kappa shape index (κ1) is 18.8. The summed E-state index contributed by atoms with van der Waals surface area (Å²) in [5, 5.41) is 37.7. The number of aliphatic hydroxyl groups excluding tert-OH is 1. The van der Waals surface area contributed by atoms with Gasteiger partial charge >= 0.3 is 0 Å². The molecular weight excluding hydrogens is 376 g/mol. The fourth-order valence-corrected chi connectivity index (χ4v) is 2.35. The van der Waals surface area contributed by atoms with Gasteiger partial charge in [-0.15, -0.1) is 5.10 Å². The number of halogens is 1. The Morgan fingerprint density at radius 1 is 1.41 bits per heavy atom. The third kappa shape index (κ3) is 4.78. The number of benzene rings is 1.